The summed E-state index contributed by atoms with van der Waals surface area (Å²) >= 11 is 1.78. The monoisotopic (exact) mass is 246 g/mol. The highest BCUT2D eigenvalue weighted by Crippen LogP contribution is 2.41. The second-order valence-corrected chi connectivity index (χ2v) is 5.36. The highest BCUT2D eigenvalue weighted by atomic mass is 32.2. The number of nitrogens with one attached hydrogen (secondary N) is 1. The lowest BCUT2D eigenvalue weighted by Crippen LogP contribution is -2.58. The van der Waals surface area contributed by atoms with Crippen molar-refractivity contribution in [1.82, 2.24) is 5.32 Å². The first-order valence-electron chi connectivity index (χ1n) is 5.73. The molecule has 0 aliphatic heterocycles. The van der Waals surface area contributed by atoms with Gasteiger partial charge in [0.05, 0.1) is 0 Å². The number of methoxy groups -OCH3 is 1. The number of amides is 1. The van der Waals surface area contributed by atoms with Crippen LogP contribution in [0.5, 0.6) is 0 Å². The molecule has 1 aliphatic rings. The van der Waals surface area contributed by atoms with Crippen molar-refractivity contribution < 1.29 is 9.53 Å². The summed E-state index contributed by atoms with van der Waals surface area (Å²) in [5.41, 5.74) is 5.04. The molecule has 0 saturated heterocycles. The average molecular weight is 246 g/mol. The molecule has 1 rings (SSSR count). The molecule has 1 unspecified atom stereocenters. The van der Waals surface area contributed by atoms with E-state index in [9.17, 15) is 4.79 Å². The van der Waals surface area contributed by atoms with Gasteiger partial charge in [-0.25, -0.2) is 0 Å². The summed E-state index contributed by atoms with van der Waals surface area (Å²) in [6, 6.07) is 0. The molecule has 1 fully saturated rings. The van der Waals surface area contributed by atoms with Crippen molar-refractivity contribution in [2.45, 2.75) is 24.8 Å². The van der Waals surface area contributed by atoms with Gasteiger partial charge in [0, 0.05) is 19.5 Å². The maximum atomic E-state index is 11.6. The standard InChI is InChI=1S/C11H22N2O2S/c1-13-11(10(12)14,9-4-5-9)8-16-7-3-6-15-2/h9,13H,3-8H2,1-2H3,(H2,12,14). The van der Waals surface area contributed by atoms with Crippen LogP contribution in [0.3, 0.4) is 0 Å². The fraction of sp³-hybridized carbons (Fsp3) is 0.909. The highest BCUT2D eigenvalue weighted by molar-refractivity contribution is 7.99. The van der Waals surface area contributed by atoms with E-state index in [0.717, 1.165) is 37.4 Å². The molecule has 3 N–H and O–H groups in total. The number of carbonyl (C=O) groups excluding carboxylic acids is 1. The first-order chi connectivity index (χ1) is 7.67. The van der Waals surface area contributed by atoms with Gasteiger partial charge >= 0.3 is 0 Å². The zero-order chi connectivity index (χ0) is 12.0. The van der Waals surface area contributed by atoms with Crippen LogP contribution in [0.2, 0.25) is 0 Å². The molecular formula is C11H22N2O2S. The third-order valence-electron chi connectivity index (χ3n) is 3.13. The molecule has 5 heteroatoms. The van der Waals surface area contributed by atoms with E-state index in [4.69, 9.17) is 10.5 Å². The summed E-state index contributed by atoms with van der Waals surface area (Å²) in [5.74, 6) is 2.01. The zero-order valence-electron chi connectivity index (χ0n) is 10.1. The number of hydrogen-bond donors (Lipinski definition) is 2. The van der Waals surface area contributed by atoms with Crippen molar-refractivity contribution in [3.63, 3.8) is 0 Å². The summed E-state index contributed by atoms with van der Waals surface area (Å²) in [7, 11) is 3.54. The average Bonchev–Trinajstić information content (AvgIpc) is 3.07. The van der Waals surface area contributed by atoms with Crippen LogP contribution in [0, 0.1) is 5.92 Å². The number of nitrogens with two attached hydrogens (primary N) is 1. The molecule has 0 heterocycles. The molecular weight excluding hydrogens is 224 g/mol. The molecule has 0 aromatic heterocycles. The Morgan fingerprint density at radius 3 is 2.75 bits per heavy atom. The molecule has 0 radical (unpaired) electrons. The smallest absolute Gasteiger partial charge is 0.238 e. The second kappa shape index (κ2) is 6.47. The number of primary amides is 1. The van der Waals surface area contributed by atoms with Crippen LogP contribution in [0.25, 0.3) is 0 Å². The van der Waals surface area contributed by atoms with Gasteiger partial charge in [-0.15, -0.1) is 0 Å². The minimum atomic E-state index is -0.488. The molecule has 0 aromatic carbocycles. The lowest BCUT2D eigenvalue weighted by atomic mass is 9.95. The normalized spacial score (nSPS) is 19.4. The zero-order valence-corrected chi connectivity index (χ0v) is 10.9. The van der Waals surface area contributed by atoms with Crippen LogP contribution in [-0.4, -0.2) is 43.7 Å². The van der Waals surface area contributed by atoms with Crippen LogP contribution in [0.1, 0.15) is 19.3 Å². The van der Waals surface area contributed by atoms with Gasteiger partial charge in [0.1, 0.15) is 5.54 Å². The van der Waals surface area contributed by atoms with Crippen molar-refractivity contribution in [2.75, 3.05) is 32.3 Å². The Kier molecular flexibility index (Phi) is 5.58. The van der Waals surface area contributed by atoms with Gasteiger partial charge in [0.2, 0.25) is 5.91 Å². The van der Waals surface area contributed by atoms with E-state index in [0.29, 0.717) is 5.92 Å². The Morgan fingerprint density at radius 2 is 2.31 bits per heavy atom. The molecule has 94 valence electrons. The Bertz CT molecular complexity index is 234. The molecule has 16 heavy (non-hydrogen) atoms. The van der Waals surface area contributed by atoms with E-state index >= 15 is 0 Å². The van der Waals surface area contributed by atoms with Crippen LogP contribution in [-0.2, 0) is 9.53 Å². The van der Waals surface area contributed by atoms with Gasteiger partial charge in [0.15, 0.2) is 0 Å². The predicted octanol–water partition coefficient (Wildman–Crippen LogP) is 0.610. The second-order valence-electron chi connectivity index (χ2n) is 4.26. The van der Waals surface area contributed by atoms with Crippen molar-refractivity contribution in [1.29, 1.82) is 0 Å². The Labute approximate surface area is 102 Å². The van der Waals surface area contributed by atoms with Gasteiger partial charge in [-0.05, 0) is 38.0 Å². The molecule has 1 aliphatic carbocycles. The topological polar surface area (TPSA) is 64.3 Å². The van der Waals surface area contributed by atoms with Crippen molar-refractivity contribution in [3.8, 4) is 0 Å². The van der Waals surface area contributed by atoms with E-state index in [1.807, 2.05) is 7.05 Å². The van der Waals surface area contributed by atoms with Crippen molar-refractivity contribution >= 4 is 17.7 Å². The van der Waals surface area contributed by atoms with E-state index < -0.39 is 5.54 Å². The van der Waals surface area contributed by atoms with Gasteiger partial charge in [-0.1, -0.05) is 0 Å². The third kappa shape index (κ3) is 3.37. The first-order valence-corrected chi connectivity index (χ1v) is 6.88. The first kappa shape index (κ1) is 13.8. The van der Waals surface area contributed by atoms with Crippen molar-refractivity contribution in [3.05, 3.63) is 0 Å². The molecule has 1 atom stereocenters. The minimum Gasteiger partial charge on any atom is -0.385 e. The molecule has 0 spiro atoms. The summed E-state index contributed by atoms with van der Waals surface area (Å²) < 4.78 is 4.99. The van der Waals surface area contributed by atoms with E-state index in [1.54, 1.807) is 18.9 Å². The number of likely N-dealkylation sites (N-methyl/N-ethyl adjacent to an activating group) is 1. The maximum Gasteiger partial charge on any atom is 0.238 e. The number of hydrogen-bond acceptors (Lipinski definition) is 4. The Hall–Kier alpha value is -0.260. The summed E-state index contributed by atoms with van der Waals surface area (Å²) in [5, 5.41) is 3.14. The molecule has 1 amide bonds. The van der Waals surface area contributed by atoms with Crippen LogP contribution in [0.4, 0.5) is 0 Å². The summed E-state index contributed by atoms with van der Waals surface area (Å²) in [4.78, 5) is 11.6. The lowest BCUT2D eigenvalue weighted by Gasteiger charge is -2.30. The Morgan fingerprint density at radius 1 is 1.62 bits per heavy atom. The Balaban J connectivity index is 2.35. The van der Waals surface area contributed by atoms with Crippen LogP contribution < -0.4 is 11.1 Å². The SMILES string of the molecule is CNC(CSCCCOC)(C(N)=O)C1CC1. The predicted molar refractivity (Wildman–Crippen MR) is 67.5 cm³/mol. The molecule has 0 bridgehead atoms. The number of rotatable bonds is 9. The van der Waals surface area contributed by atoms with Crippen molar-refractivity contribution in [2.24, 2.45) is 11.7 Å². The van der Waals surface area contributed by atoms with Crippen LogP contribution >= 0.6 is 11.8 Å². The quantitative estimate of drug-likeness (QED) is 0.585. The fourth-order valence-electron chi connectivity index (χ4n) is 1.90. The van der Waals surface area contributed by atoms with E-state index in [1.165, 1.54) is 0 Å². The third-order valence-corrected chi connectivity index (χ3v) is 4.36. The minimum absolute atomic E-state index is 0.211. The summed E-state index contributed by atoms with van der Waals surface area (Å²) in [6.45, 7) is 0.777. The van der Waals surface area contributed by atoms with Gasteiger partial charge in [-0.3, -0.25) is 4.79 Å². The van der Waals surface area contributed by atoms with Crippen LogP contribution in [0.15, 0.2) is 0 Å². The summed E-state index contributed by atoms with van der Waals surface area (Å²) in [6.07, 6.45) is 3.25. The van der Waals surface area contributed by atoms with Gasteiger partial charge in [0.25, 0.3) is 0 Å². The van der Waals surface area contributed by atoms with Gasteiger partial charge < -0.3 is 15.8 Å². The number of ether oxygens (including phenoxy) is 1. The fourth-order valence-corrected chi connectivity index (χ4v) is 3.21. The number of carbonyl (C=O) groups is 1. The number of thioether (sulfide) groups is 1. The molecule has 0 aromatic rings. The molecule has 1 saturated carbocycles. The van der Waals surface area contributed by atoms with Gasteiger partial charge in [-0.2, -0.15) is 11.8 Å². The maximum absolute atomic E-state index is 11.6. The van der Waals surface area contributed by atoms with E-state index in [2.05, 4.69) is 5.32 Å². The highest BCUT2D eigenvalue weighted by Gasteiger charge is 2.48. The molecule has 4 nitrogen and oxygen atoms in total. The lowest BCUT2D eigenvalue weighted by molar-refractivity contribution is -0.124. The largest absolute Gasteiger partial charge is 0.385 e. The van der Waals surface area contributed by atoms with E-state index in [-0.39, 0.29) is 5.91 Å².